The molecule has 0 saturated carbocycles. The predicted octanol–water partition coefficient (Wildman–Crippen LogP) is 3.71. The Morgan fingerprint density at radius 3 is 2.48 bits per heavy atom. The van der Waals surface area contributed by atoms with Crippen molar-refractivity contribution in [1.82, 2.24) is 4.57 Å². The summed E-state index contributed by atoms with van der Waals surface area (Å²) in [6, 6.07) is 11.3. The fourth-order valence-electron chi connectivity index (χ4n) is 2.89. The zero-order valence-electron chi connectivity index (χ0n) is 13.7. The number of halogens is 1. The number of carbonyl (C=O) groups excluding carboxylic acids is 2. The maximum absolute atomic E-state index is 13.0. The van der Waals surface area contributed by atoms with Crippen LogP contribution in [0.15, 0.2) is 42.5 Å². The van der Waals surface area contributed by atoms with Gasteiger partial charge in [-0.3, -0.25) is 14.2 Å². The SMILES string of the molecule is COC(=O)Cc1c(C)n(C(=O)c2ccc(Cl)cc2)c2ccc(O)cc12. The molecule has 0 fully saturated rings. The number of hydrogen-bond donors (Lipinski definition) is 1. The number of rotatable bonds is 3. The quantitative estimate of drug-likeness (QED) is 0.725. The van der Waals surface area contributed by atoms with Gasteiger partial charge in [-0.2, -0.15) is 0 Å². The molecule has 1 N–H and O–H groups in total. The Morgan fingerprint density at radius 1 is 1.16 bits per heavy atom. The average molecular weight is 358 g/mol. The highest BCUT2D eigenvalue weighted by Gasteiger charge is 2.22. The second-order valence-corrected chi connectivity index (χ2v) is 6.10. The number of benzene rings is 2. The zero-order valence-corrected chi connectivity index (χ0v) is 14.5. The summed E-state index contributed by atoms with van der Waals surface area (Å²) < 4.78 is 6.28. The van der Waals surface area contributed by atoms with E-state index in [2.05, 4.69) is 0 Å². The van der Waals surface area contributed by atoms with Crippen LogP contribution < -0.4 is 0 Å². The summed E-state index contributed by atoms with van der Waals surface area (Å²) >= 11 is 5.89. The van der Waals surface area contributed by atoms with Crippen LogP contribution in [0.1, 0.15) is 21.6 Å². The van der Waals surface area contributed by atoms with Gasteiger partial charge >= 0.3 is 5.97 Å². The molecule has 0 atom stereocenters. The van der Waals surface area contributed by atoms with E-state index in [9.17, 15) is 14.7 Å². The number of phenols is 1. The summed E-state index contributed by atoms with van der Waals surface area (Å²) in [4.78, 5) is 24.7. The van der Waals surface area contributed by atoms with Crippen LogP contribution in [0.25, 0.3) is 10.9 Å². The van der Waals surface area contributed by atoms with Crippen molar-refractivity contribution in [3.05, 3.63) is 64.3 Å². The van der Waals surface area contributed by atoms with Crippen molar-refractivity contribution in [3.8, 4) is 5.75 Å². The molecule has 0 bridgehead atoms. The first-order chi connectivity index (χ1) is 11.9. The third-order valence-corrected chi connectivity index (χ3v) is 4.41. The van der Waals surface area contributed by atoms with Crippen LogP contribution in [0.2, 0.25) is 5.02 Å². The minimum Gasteiger partial charge on any atom is -0.508 e. The summed E-state index contributed by atoms with van der Waals surface area (Å²) in [5.41, 5.74) is 2.38. The van der Waals surface area contributed by atoms with Gasteiger partial charge in [0, 0.05) is 21.7 Å². The van der Waals surface area contributed by atoms with Crippen molar-refractivity contribution in [2.45, 2.75) is 13.3 Å². The lowest BCUT2D eigenvalue weighted by atomic mass is 10.1. The summed E-state index contributed by atoms with van der Waals surface area (Å²) in [6.45, 7) is 1.77. The van der Waals surface area contributed by atoms with Gasteiger partial charge in [-0.25, -0.2) is 0 Å². The lowest BCUT2D eigenvalue weighted by molar-refractivity contribution is -0.139. The van der Waals surface area contributed by atoms with E-state index in [4.69, 9.17) is 16.3 Å². The highest BCUT2D eigenvalue weighted by atomic mass is 35.5. The maximum atomic E-state index is 13.0. The number of hydrogen-bond acceptors (Lipinski definition) is 4. The van der Waals surface area contributed by atoms with Gasteiger partial charge in [-0.05, 0) is 55.0 Å². The normalized spacial score (nSPS) is 10.8. The van der Waals surface area contributed by atoms with Gasteiger partial charge in [-0.15, -0.1) is 0 Å². The van der Waals surface area contributed by atoms with E-state index in [1.165, 1.54) is 17.7 Å². The first-order valence-electron chi connectivity index (χ1n) is 7.62. The van der Waals surface area contributed by atoms with Crippen molar-refractivity contribution in [1.29, 1.82) is 0 Å². The number of carbonyl (C=O) groups is 2. The minimum absolute atomic E-state index is 0.0170. The van der Waals surface area contributed by atoms with Gasteiger partial charge in [0.15, 0.2) is 0 Å². The Kier molecular flexibility index (Phi) is 4.51. The number of aromatic hydroxyl groups is 1. The molecule has 25 heavy (non-hydrogen) atoms. The second kappa shape index (κ2) is 6.61. The van der Waals surface area contributed by atoms with Crippen molar-refractivity contribution in [2.75, 3.05) is 7.11 Å². The van der Waals surface area contributed by atoms with Crippen LogP contribution in [0.3, 0.4) is 0 Å². The second-order valence-electron chi connectivity index (χ2n) is 5.67. The Bertz CT molecular complexity index is 973. The van der Waals surface area contributed by atoms with Gasteiger partial charge in [0.25, 0.3) is 5.91 Å². The fraction of sp³-hybridized carbons (Fsp3) is 0.158. The number of phenolic OH excluding ortho intramolecular Hbond substituents is 1. The van der Waals surface area contributed by atoms with Crippen LogP contribution in [0, 0.1) is 6.92 Å². The minimum atomic E-state index is -0.413. The van der Waals surface area contributed by atoms with Gasteiger partial charge in [0.1, 0.15) is 5.75 Å². The van der Waals surface area contributed by atoms with Gasteiger partial charge in [0.2, 0.25) is 0 Å². The maximum Gasteiger partial charge on any atom is 0.310 e. The van der Waals surface area contributed by atoms with Crippen LogP contribution in [0.5, 0.6) is 5.75 Å². The smallest absolute Gasteiger partial charge is 0.310 e. The first-order valence-corrected chi connectivity index (χ1v) is 8.00. The summed E-state index contributed by atoms with van der Waals surface area (Å²) in [6.07, 6.45) is 0.0170. The van der Waals surface area contributed by atoms with Crippen molar-refractivity contribution in [3.63, 3.8) is 0 Å². The number of esters is 1. The number of methoxy groups -OCH3 is 1. The highest BCUT2D eigenvalue weighted by Crippen LogP contribution is 2.30. The molecule has 0 saturated heterocycles. The molecule has 0 unspecified atom stereocenters. The Labute approximate surface area is 149 Å². The summed E-state index contributed by atoms with van der Waals surface area (Å²) in [7, 11) is 1.31. The molecule has 0 aliphatic carbocycles. The number of nitrogens with zero attached hydrogens (tertiary/aromatic N) is 1. The van der Waals surface area contributed by atoms with Crippen molar-refractivity contribution >= 4 is 34.4 Å². The average Bonchev–Trinajstić information content (AvgIpc) is 2.86. The van der Waals surface area contributed by atoms with E-state index in [1.54, 1.807) is 43.3 Å². The first kappa shape index (κ1) is 17.0. The van der Waals surface area contributed by atoms with Gasteiger partial charge in [0.05, 0.1) is 19.0 Å². The monoisotopic (exact) mass is 357 g/mol. The topological polar surface area (TPSA) is 68.5 Å². The lowest BCUT2D eigenvalue weighted by Gasteiger charge is -2.08. The van der Waals surface area contributed by atoms with Crippen LogP contribution in [0.4, 0.5) is 0 Å². The standard InChI is InChI=1S/C19H16ClNO4/c1-11-15(10-18(23)25-2)16-9-14(22)7-8-17(16)21(11)19(24)12-3-5-13(20)6-4-12/h3-9,22H,10H2,1-2H3. The molecule has 0 radical (unpaired) electrons. The van der Waals surface area contributed by atoms with Crippen molar-refractivity contribution < 1.29 is 19.4 Å². The molecule has 128 valence electrons. The van der Waals surface area contributed by atoms with Gasteiger partial charge < -0.3 is 9.84 Å². The Morgan fingerprint density at radius 2 is 1.84 bits per heavy atom. The van der Waals surface area contributed by atoms with E-state index in [1.807, 2.05) is 0 Å². The summed E-state index contributed by atoms with van der Waals surface area (Å²) in [5, 5.41) is 11.0. The highest BCUT2D eigenvalue weighted by molar-refractivity contribution is 6.30. The van der Waals surface area contributed by atoms with E-state index >= 15 is 0 Å². The van der Waals surface area contributed by atoms with Crippen LogP contribution in [-0.4, -0.2) is 28.7 Å². The molecule has 1 heterocycles. The third-order valence-electron chi connectivity index (χ3n) is 4.16. The summed E-state index contributed by atoms with van der Waals surface area (Å²) in [5.74, 6) is -0.583. The fourth-order valence-corrected chi connectivity index (χ4v) is 3.02. The molecule has 3 aromatic rings. The largest absolute Gasteiger partial charge is 0.508 e. The van der Waals surface area contributed by atoms with Crippen molar-refractivity contribution in [2.24, 2.45) is 0 Å². The molecule has 6 heteroatoms. The van der Waals surface area contributed by atoms with Crippen LogP contribution in [-0.2, 0) is 16.0 Å². The van der Waals surface area contributed by atoms with Crippen LogP contribution >= 0.6 is 11.6 Å². The molecular weight excluding hydrogens is 342 g/mol. The van der Waals surface area contributed by atoms with E-state index in [-0.39, 0.29) is 18.1 Å². The molecule has 0 aliphatic rings. The molecule has 3 rings (SSSR count). The third kappa shape index (κ3) is 3.10. The molecular formula is C19H16ClNO4. The number of fused-ring (bicyclic) bond motifs is 1. The molecule has 0 aliphatic heterocycles. The molecule has 2 aromatic carbocycles. The van der Waals surface area contributed by atoms with E-state index < -0.39 is 5.97 Å². The van der Waals surface area contributed by atoms with E-state index in [0.717, 1.165) is 0 Å². The molecule has 1 aromatic heterocycles. The molecule has 0 spiro atoms. The van der Waals surface area contributed by atoms with E-state index in [0.29, 0.717) is 32.7 Å². The predicted molar refractivity (Wildman–Crippen MR) is 95.2 cm³/mol. The number of aromatic nitrogens is 1. The zero-order chi connectivity index (χ0) is 18.1. The van der Waals surface area contributed by atoms with Gasteiger partial charge in [-0.1, -0.05) is 11.6 Å². The Hall–Kier alpha value is -2.79. The number of ether oxygens (including phenoxy) is 1. The molecule has 5 nitrogen and oxygen atoms in total. The molecule has 0 amide bonds. The lowest BCUT2D eigenvalue weighted by Crippen LogP contribution is -2.14. The Balaban J connectivity index is 2.21.